The maximum Gasteiger partial charge on any atom is 0.264 e. The Morgan fingerprint density at radius 1 is 1.31 bits per heavy atom. The average molecular weight is 492 g/mol. The zero-order chi connectivity index (χ0) is 23.2. The first-order valence-electron chi connectivity index (χ1n) is 10.3. The number of benzene rings is 1. The Kier molecular flexibility index (Phi) is 6.21. The van der Waals surface area contributed by atoms with Gasteiger partial charge in [0.2, 0.25) is 0 Å². The minimum atomic E-state index is -3.10. The Labute approximate surface area is 195 Å². The van der Waals surface area contributed by atoms with Crippen molar-refractivity contribution in [3.8, 4) is 0 Å². The summed E-state index contributed by atoms with van der Waals surface area (Å²) in [7, 11) is -1.47. The van der Waals surface area contributed by atoms with E-state index in [0.29, 0.717) is 38.7 Å². The van der Waals surface area contributed by atoms with Crippen LogP contribution < -0.4 is 5.56 Å². The Morgan fingerprint density at radius 2 is 2.06 bits per heavy atom. The summed E-state index contributed by atoms with van der Waals surface area (Å²) < 4.78 is 23.6. The van der Waals surface area contributed by atoms with Gasteiger partial charge in [0.1, 0.15) is 10.7 Å². The number of sulfone groups is 1. The molecule has 1 saturated heterocycles. The lowest BCUT2D eigenvalue weighted by Crippen LogP contribution is -2.37. The standard InChI is InChI=1S/C22H25N3O4S3/c1-12-5-6-13(2)16(9-12)30-10-17-23-20(26)18-14(3)19(31-21(18)24-17)22(27)25(4)15-7-8-32(28,29)11-15/h5-6,9,15H,7-8,10-11H2,1-4H3,(H,23,24,26). The van der Waals surface area contributed by atoms with E-state index in [1.54, 1.807) is 25.7 Å². The van der Waals surface area contributed by atoms with Crippen LogP contribution in [-0.4, -0.2) is 53.8 Å². The third kappa shape index (κ3) is 4.49. The van der Waals surface area contributed by atoms with Crippen LogP contribution in [0.15, 0.2) is 27.9 Å². The highest BCUT2D eigenvalue weighted by Crippen LogP contribution is 2.31. The van der Waals surface area contributed by atoms with Gasteiger partial charge in [-0.2, -0.15) is 0 Å². The predicted octanol–water partition coefficient (Wildman–Crippen LogP) is 3.46. The first-order valence-corrected chi connectivity index (χ1v) is 13.9. The number of thiophene rings is 1. The Hall–Kier alpha value is -2.17. The van der Waals surface area contributed by atoms with Crippen molar-refractivity contribution in [2.24, 2.45) is 0 Å². The fourth-order valence-electron chi connectivity index (χ4n) is 3.88. The van der Waals surface area contributed by atoms with Gasteiger partial charge in [-0.25, -0.2) is 13.4 Å². The van der Waals surface area contributed by atoms with Crippen molar-refractivity contribution in [2.45, 2.75) is 43.9 Å². The molecule has 3 heterocycles. The molecule has 1 atom stereocenters. The number of hydrogen-bond acceptors (Lipinski definition) is 7. The lowest BCUT2D eigenvalue weighted by molar-refractivity contribution is 0.0752. The Bertz CT molecular complexity index is 1380. The lowest BCUT2D eigenvalue weighted by atomic mass is 10.1. The molecule has 0 bridgehead atoms. The molecule has 32 heavy (non-hydrogen) atoms. The van der Waals surface area contributed by atoms with Crippen molar-refractivity contribution >= 4 is 49.1 Å². The third-order valence-electron chi connectivity index (χ3n) is 5.83. The summed E-state index contributed by atoms with van der Waals surface area (Å²) in [5.74, 6) is 0.888. The maximum atomic E-state index is 13.1. The average Bonchev–Trinajstić information content (AvgIpc) is 3.27. The molecular formula is C22H25N3O4S3. The van der Waals surface area contributed by atoms with Crippen LogP contribution in [0.5, 0.6) is 0 Å². The molecule has 1 aliphatic rings. The number of thioether (sulfide) groups is 1. The van der Waals surface area contributed by atoms with Gasteiger partial charge in [0.15, 0.2) is 9.84 Å². The number of rotatable bonds is 5. The summed E-state index contributed by atoms with van der Waals surface area (Å²) in [5, 5.41) is 0.422. The number of hydrogen-bond donors (Lipinski definition) is 1. The summed E-state index contributed by atoms with van der Waals surface area (Å²) in [6, 6.07) is 5.91. The van der Waals surface area contributed by atoms with Gasteiger partial charge in [-0.15, -0.1) is 23.1 Å². The van der Waals surface area contributed by atoms with Gasteiger partial charge in [-0.3, -0.25) is 9.59 Å². The topological polar surface area (TPSA) is 100 Å². The van der Waals surface area contributed by atoms with Gasteiger partial charge in [0.05, 0.1) is 27.5 Å². The molecule has 170 valence electrons. The van der Waals surface area contributed by atoms with E-state index in [1.165, 1.54) is 27.4 Å². The molecule has 0 aliphatic carbocycles. The van der Waals surface area contributed by atoms with Gasteiger partial charge in [0.25, 0.3) is 11.5 Å². The highest BCUT2D eigenvalue weighted by Gasteiger charge is 2.34. The number of nitrogens with one attached hydrogen (secondary N) is 1. The van der Waals surface area contributed by atoms with Gasteiger partial charge < -0.3 is 9.88 Å². The minimum absolute atomic E-state index is 0.0161. The number of aromatic amines is 1. The van der Waals surface area contributed by atoms with Crippen molar-refractivity contribution in [1.82, 2.24) is 14.9 Å². The molecule has 1 unspecified atom stereocenters. The molecule has 3 aromatic rings. The summed E-state index contributed by atoms with van der Waals surface area (Å²) >= 11 is 2.80. The molecule has 1 N–H and O–H groups in total. The summed E-state index contributed by atoms with van der Waals surface area (Å²) in [6.07, 6.45) is 0.438. The van der Waals surface area contributed by atoms with Gasteiger partial charge in [-0.1, -0.05) is 17.7 Å². The number of fused-ring (bicyclic) bond motifs is 1. The highest BCUT2D eigenvalue weighted by molar-refractivity contribution is 7.98. The lowest BCUT2D eigenvalue weighted by Gasteiger charge is -2.23. The smallest absolute Gasteiger partial charge is 0.264 e. The number of nitrogens with zero attached hydrogens (tertiary/aromatic N) is 2. The number of carbonyl (C=O) groups is 1. The fourth-order valence-corrected chi connectivity index (χ4v) is 7.83. The molecule has 7 nitrogen and oxygen atoms in total. The zero-order valence-electron chi connectivity index (χ0n) is 18.4. The van der Waals surface area contributed by atoms with E-state index in [4.69, 9.17) is 0 Å². The van der Waals surface area contributed by atoms with Crippen molar-refractivity contribution in [3.63, 3.8) is 0 Å². The number of aryl methyl sites for hydroxylation is 3. The number of carbonyl (C=O) groups excluding carboxylic acids is 1. The second kappa shape index (κ2) is 8.64. The van der Waals surface area contributed by atoms with E-state index in [0.717, 1.165) is 4.90 Å². The molecule has 0 spiro atoms. The van der Waals surface area contributed by atoms with Crippen LogP contribution in [0.1, 0.15) is 38.6 Å². The van der Waals surface area contributed by atoms with Crippen LogP contribution in [0.3, 0.4) is 0 Å². The SMILES string of the molecule is Cc1ccc(C)c(SCc2nc3sc(C(=O)N(C)C4CCS(=O)(=O)C4)c(C)c3c(=O)[nH]2)c1. The second-order valence-electron chi connectivity index (χ2n) is 8.28. The van der Waals surface area contributed by atoms with Gasteiger partial charge in [0, 0.05) is 18.0 Å². The Morgan fingerprint density at radius 3 is 2.75 bits per heavy atom. The van der Waals surface area contributed by atoms with Crippen LogP contribution in [0.2, 0.25) is 0 Å². The minimum Gasteiger partial charge on any atom is -0.337 e. The van der Waals surface area contributed by atoms with Crippen LogP contribution in [-0.2, 0) is 15.6 Å². The Balaban J connectivity index is 1.60. The van der Waals surface area contributed by atoms with E-state index >= 15 is 0 Å². The van der Waals surface area contributed by atoms with E-state index in [9.17, 15) is 18.0 Å². The molecule has 1 amide bonds. The first-order chi connectivity index (χ1) is 15.1. The normalized spacial score (nSPS) is 17.7. The zero-order valence-corrected chi connectivity index (χ0v) is 20.8. The molecule has 4 rings (SSSR count). The largest absolute Gasteiger partial charge is 0.337 e. The van der Waals surface area contributed by atoms with E-state index in [2.05, 4.69) is 28.2 Å². The molecule has 1 fully saturated rings. The van der Waals surface area contributed by atoms with Crippen LogP contribution in [0, 0.1) is 20.8 Å². The van der Waals surface area contributed by atoms with E-state index < -0.39 is 9.84 Å². The summed E-state index contributed by atoms with van der Waals surface area (Å²) in [5.41, 5.74) is 2.67. The highest BCUT2D eigenvalue weighted by atomic mass is 32.2. The first kappa shape index (κ1) is 23.0. The van der Waals surface area contributed by atoms with Gasteiger partial charge >= 0.3 is 0 Å². The van der Waals surface area contributed by atoms with Crippen LogP contribution in [0.4, 0.5) is 0 Å². The summed E-state index contributed by atoms with van der Waals surface area (Å²) in [6.45, 7) is 5.83. The molecular weight excluding hydrogens is 466 g/mol. The molecule has 1 aliphatic heterocycles. The second-order valence-corrected chi connectivity index (χ2v) is 12.5. The van der Waals surface area contributed by atoms with Crippen LogP contribution >= 0.6 is 23.1 Å². The molecule has 1 aromatic carbocycles. The maximum absolute atomic E-state index is 13.1. The third-order valence-corrected chi connectivity index (χ3v) is 9.92. The molecule has 2 aromatic heterocycles. The number of H-pyrrole nitrogens is 1. The number of aromatic nitrogens is 2. The van der Waals surface area contributed by atoms with Crippen LogP contribution in [0.25, 0.3) is 10.2 Å². The molecule has 0 radical (unpaired) electrons. The predicted molar refractivity (Wildman–Crippen MR) is 130 cm³/mol. The number of amides is 1. The van der Waals surface area contributed by atoms with Crippen molar-refractivity contribution in [2.75, 3.05) is 18.6 Å². The monoisotopic (exact) mass is 491 g/mol. The van der Waals surface area contributed by atoms with E-state index in [1.807, 2.05) is 13.8 Å². The van der Waals surface area contributed by atoms with E-state index in [-0.39, 0.29) is 29.0 Å². The fraction of sp³-hybridized carbons (Fsp3) is 0.409. The molecule has 0 saturated carbocycles. The van der Waals surface area contributed by atoms with Crippen molar-refractivity contribution < 1.29 is 13.2 Å². The summed E-state index contributed by atoms with van der Waals surface area (Å²) in [4.78, 5) is 37.0. The van der Waals surface area contributed by atoms with Gasteiger partial charge in [-0.05, 0) is 44.4 Å². The van der Waals surface area contributed by atoms with Crippen molar-refractivity contribution in [1.29, 1.82) is 0 Å². The molecule has 10 heteroatoms. The van der Waals surface area contributed by atoms with Crippen molar-refractivity contribution in [3.05, 3.63) is 55.9 Å². The quantitative estimate of drug-likeness (QED) is 0.549.